The molecule has 0 fully saturated rings. The highest BCUT2D eigenvalue weighted by Gasteiger charge is 1.91. The van der Waals surface area contributed by atoms with Crippen LogP contribution in [-0.4, -0.2) is 10.2 Å². The van der Waals surface area contributed by atoms with Gasteiger partial charge in [0.25, 0.3) is 0 Å². The molecular formula is C13H11ClOS. The monoisotopic (exact) mass is 250 g/mol. The van der Waals surface area contributed by atoms with Gasteiger partial charge in [-0.05, 0) is 24.4 Å². The van der Waals surface area contributed by atoms with Gasteiger partial charge in [-0.15, -0.1) is 0 Å². The van der Waals surface area contributed by atoms with E-state index in [1.165, 1.54) is 0 Å². The third-order valence-electron chi connectivity index (χ3n) is 1.75. The SMILES string of the molecule is Clc1ccccc1.OC(=S)c1ccccc1. The number of thiocarbonyl (C=S) groups is 1. The van der Waals surface area contributed by atoms with Crippen molar-refractivity contribution >= 4 is 28.9 Å². The van der Waals surface area contributed by atoms with Crippen LogP contribution in [0.4, 0.5) is 0 Å². The van der Waals surface area contributed by atoms with Crippen LogP contribution in [0.2, 0.25) is 5.02 Å². The Morgan fingerprint density at radius 3 is 1.56 bits per heavy atom. The summed E-state index contributed by atoms with van der Waals surface area (Å²) in [4.78, 5) is 0. The first kappa shape index (κ1) is 12.7. The maximum atomic E-state index is 8.76. The predicted octanol–water partition coefficient (Wildman–Crippen LogP) is 4.26. The minimum absolute atomic E-state index is 0.0457. The van der Waals surface area contributed by atoms with E-state index in [0.29, 0.717) is 5.56 Å². The van der Waals surface area contributed by atoms with Gasteiger partial charge in [0.15, 0.2) is 5.05 Å². The average molecular weight is 251 g/mol. The zero-order valence-electron chi connectivity index (χ0n) is 8.51. The molecule has 2 rings (SSSR count). The summed E-state index contributed by atoms with van der Waals surface area (Å²) in [6, 6.07) is 18.5. The summed E-state index contributed by atoms with van der Waals surface area (Å²) in [6.45, 7) is 0. The molecule has 0 atom stereocenters. The number of hydrogen-bond donors (Lipinski definition) is 1. The summed E-state index contributed by atoms with van der Waals surface area (Å²) >= 11 is 10.1. The zero-order valence-corrected chi connectivity index (χ0v) is 10.1. The van der Waals surface area contributed by atoms with Crippen LogP contribution in [0.3, 0.4) is 0 Å². The van der Waals surface area contributed by atoms with Crippen LogP contribution in [0.25, 0.3) is 0 Å². The minimum atomic E-state index is -0.0457. The fourth-order valence-corrected chi connectivity index (χ4v) is 1.28. The number of aliphatic hydroxyl groups is 1. The van der Waals surface area contributed by atoms with Gasteiger partial charge >= 0.3 is 0 Å². The fourth-order valence-electron chi connectivity index (χ4n) is 0.995. The molecule has 0 aliphatic heterocycles. The first-order valence-corrected chi connectivity index (χ1v) is 5.47. The second-order valence-corrected chi connectivity index (χ2v) is 3.79. The molecule has 0 spiro atoms. The Morgan fingerprint density at radius 1 is 0.875 bits per heavy atom. The number of rotatable bonds is 1. The summed E-state index contributed by atoms with van der Waals surface area (Å²) in [5, 5.41) is 9.50. The number of halogens is 1. The largest absolute Gasteiger partial charge is 0.499 e. The standard InChI is InChI=1S/C7H6OS.C6H5Cl/c8-7(9)6-4-2-1-3-5-6;7-6-4-2-1-3-5-6/h1-5H,(H,8,9);1-5H. The second-order valence-electron chi connectivity index (χ2n) is 2.97. The molecule has 0 radical (unpaired) electrons. The number of hydrogen-bond acceptors (Lipinski definition) is 1. The molecule has 82 valence electrons. The highest BCUT2D eigenvalue weighted by molar-refractivity contribution is 7.80. The van der Waals surface area contributed by atoms with Gasteiger partial charge in [0, 0.05) is 10.6 Å². The molecule has 0 aliphatic carbocycles. The Labute approximate surface area is 105 Å². The lowest BCUT2D eigenvalue weighted by Crippen LogP contribution is -1.91. The van der Waals surface area contributed by atoms with Crippen molar-refractivity contribution in [3.05, 3.63) is 71.2 Å². The molecule has 16 heavy (non-hydrogen) atoms. The molecule has 1 nitrogen and oxygen atoms in total. The van der Waals surface area contributed by atoms with Crippen LogP contribution < -0.4 is 0 Å². The summed E-state index contributed by atoms with van der Waals surface area (Å²) in [5.41, 5.74) is 0.701. The lowest BCUT2D eigenvalue weighted by Gasteiger charge is -1.91. The maximum absolute atomic E-state index is 8.76. The normalized spacial score (nSPS) is 8.81. The van der Waals surface area contributed by atoms with E-state index in [2.05, 4.69) is 12.2 Å². The average Bonchev–Trinajstić information content (AvgIpc) is 2.32. The van der Waals surface area contributed by atoms with Crippen LogP contribution >= 0.6 is 23.8 Å². The van der Waals surface area contributed by atoms with E-state index in [0.717, 1.165) is 5.02 Å². The number of benzene rings is 2. The van der Waals surface area contributed by atoms with Crippen molar-refractivity contribution in [2.24, 2.45) is 0 Å². The van der Waals surface area contributed by atoms with Gasteiger partial charge in [0.2, 0.25) is 0 Å². The summed E-state index contributed by atoms with van der Waals surface area (Å²) in [7, 11) is 0. The first-order chi connectivity index (χ1) is 7.70. The van der Waals surface area contributed by atoms with E-state index < -0.39 is 0 Å². The second kappa shape index (κ2) is 6.99. The summed E-state index contributed by atoms with van der Waals surface area (Å²) in [6.07, 6.45) is 0. The molecule has 0 aliphatic rings. The zero-order chi connectivity index (χ0) is 11.8. The van der Waals surface area contributed by atoms with Crippen LogP contribution in [0, 0.1) is 0 Å². The van der Waals surface area contributed by atoms with Crippen molar-refractivity contribution in [2.75, 3.05) is 0 Å². The lowest BCUT2D eigenvalue weighted by molar-refractivity contribution is 0.571. The van der Waals surface area contributed by atoms with E-state index in [4.69, 9.17) is 16.7 Å². The number of aliphatic hydroxyl groups excluding tert-OH is 1. The first-order valence-electron chi connectivity index (χ1n) is 4.69. The van der Waals surface area contributed by atoms with Crippen molar-refractivity contribution < 1.29 is 5.11 Å². The third-order valence-corrected chi connectivity index (χ3v) is 2.24. The lowest BCUT2D eigenvalue weighted by atomic mass is 10.2. The van der Waals surface area contributed by atoms with Gasteiger partial charge in [0.05, 0.1) is 0 Å². The van der Waals surface area contributed by atoms with Crippen molar-refractivity contribution in [3.8, 4) is 0 Å². The van der Waals surface area contributed by atoms with Gasteiger partial charge in [-0.25, -0.2) is 0 Å². The Bertz CT molecular complexity index is 428. The van der Waals surface area contributed by atoms with Crippen molar-refractivity contribution in [3.63, 3.8) is 0 Å². The van der Waals surface area contributed by atoms with Gasteiger partial charge < -0.3 is 5.11 Å². The van der Waals surface area contributed by atoms with Crippen molar-refractivity contribution in [1.29, 1.82) is 0 Å². The molecule has 2 aromatic carbocycles. The maximum Gasteiger partial charge on any atom is 0.188 e. The molecule has 0 unspecified atom stereocenters. The van der Waals surface area contributed by atoms with E-state index in [1.54, 1.807) is 12.1 Å². The molecule has 0 saturated heterocycles. The van der Waals surface area contributed by atoms with Crippen LogP contribution in [0.1, 0.15) is 5.56 Å². The molecular weight excluding hydrogens is 240 g/mol. The van der Waals surface area contributed by atoms with Gasteiger partial charge in [-0.1, -0.05) is 60.1 Å². The Hall–Kier alpha value is -1.38. The highest BCUT2D eigenvalue weighted by atomic mass is 35.5. The van der Waals surface area contributed by atoms with Gasteiger partial charge in [0.1, 0.15) is 0 Å². The third kappa shape index (κ3) is 4.91. The van der Waals surface area contributed by atoms with Gasteiger partial charge in [-0.3, -0.25) is 0 Å². The Morgan fingerprint density at radius 2 is 1.31 bits per heavy atom. The van der Waals surface area contributed by atoms with Crippen LogP contribution in [-0.2, 0) is 0 Å². The molecule has 3 heteroatoms. The quantitative estimate of drug-likeness (QED) is 0.763. The Kier molecular flexibility index (Phi) is 5.54. The van der Waals surface area contributed by atoms with E-state index in [1.807, 2.05) is 48.5 Å². The summed E-state index contributed by atoms with van der Waals surface area (Å²) in [5.74, 6) is 0. The molecule has 0 aromatic heterocycles. The smallest absolute Gasteiger partial charge is 0.188 e. The molecule has 1 N–H and O–H groups in total. The predicted molar refractivity (Wildman–Crippen MR) is 72.2 cm³/mol. The molecule has 2 aromatic rings. The van der Waals surface area contributed by atoms with Crippen LogP contribution in [0.15, 0.2) is 60.7 Å². The minimum Gasteiger partial charge on any atom is -0.499 e. The van der Waals surface area contributed by atoms with Gasteiger partial charge in [-0.2, -0.15) is 0 Å². The fraction of sp³-hybridized carbons (Fsp3) is 0. The van der Waals surface area contributed by atoms with Crippen molar-refractivity contribution in [1.82, 2.24) is 0 Å². The molecule has 0 bridgehead atoms. The summed E-state index contributed by atoms with van der Waals surface area (Å²) < 4.78 is 0. The molecule has 0 saturated carbocycles. The van der Waals surface area contributed by atoms with E-state index >= 15 is 0 Å². The van der Waals surface area contributed by atoms with Crippen molar-refractivity contribution in [2.45, 2.75) is 0 Å². The van der Waals surface area contributed by atoms with Crippen LogP contribution in [0.5, 0.6) is 0 Å². The Balaban J connectivity index is 0.000000165. The highest BCUT2D eigenvalue weighted by Crippen LogP contribution is 2.03. The van der Waals surface area contributed by atoms with E-state index in [9.17, 15) is 0 Å². The topological polar surface area (TPSA) is 20.2 Å². The van der Waals surface area contributed by atoms with E-state index in [-0.39, 0.29) is 5.05 Å². The molecule has 0 amide bonds. The molecule has 0 heterocycles.